The fourth-order valence-electron chi connectivity index (χ4n) is 0.632. The lowest BCUT2D eigenvalue weighted by Gasteiger charge is -2.07. The van der Waals surface area contributed by atoms with E-state index in [1.54, 1.807) is 6.26 Å². The summed E-state index contributed by atoms with van der Waals surface area (Å²) in [5.74, 6) is -0.993. The highest BCUT2D eigenvalue weighted by Crippen LogP contribution is 2.10. The van der Waals surface area contributed by atoms with Crippen molar-refractivity contribution in [3.63, 3.8) is 0 Å². The molecule has 1 amide bonds. The van der Waals surface area contributed by atoms with Gasteiger partial charge in [0.15, 0.2) is 0 Å². The molecule has 0 aliphatic carbocycles. The third-order valence-corrected chi connectivity index (χ3v) is 3.03. The van der Waals surface area contributed by atoms with Crippen molar-refractivity contribution in [2.24, 2.45) is 5.73 Å². The number of thioether (sulfide) groups is 1. The van der Waals surface area contributed by atoms with Gasteiger partial charge in [0.1, 0.15) is 0 Å². The van der Waals surface area contributed by atoms with Crippen LogP contribution in [0, 0.1) is 0 Å². The van der Waals surface area contributed by atoms with Crippen molar-refractivity contribution < 1.29 is 17.8 Å². The van der Waals surface area contributed by atoms with Crippen LogP contribution in [0.3, 0.4) is 0 Å². The van der Waals surface area contributed by atoms with E-state index in [9.17, 15) is 13.2 Å². The van der Waals surface area contributed by atoms with Gasteiger partial charge >= 0.3 is 0 Å². The molecule has 3 N–H and O–H groups in total. The molecule has 7 heteroatoms. The Kier molecular flexibility index (Phi) is 4.58. The molecular formula is C5H11NO4S2. The molecule has 1 atom stereocenters. The van der Waals surface area contributed by atoms with E-state index >= 15 is 0 Å². The number of hydrogen-bond donors (Lipinski definition) is 2. The quantitative estimate of drug-likeness (QED) is 0.599. The Bertz CT molecular complexity index is 248. The first-order valence-electron chi connectivity index (χ1n) is 3.14. The summed E-state index contributed by atoms with van der Waals surface area (Å²) in [5.41, 5.74) is 4.94. The average molecular weight is 213 g/mol. The normalized spacial score (nSPS) is 14.2. The number of primary amides is 1. The molecule has 12 heavy (non-hydrogen) atoms. The first kappa shape index (κ1) is 11.7. The second-order valence-corrected chi connectivity index (χ2v) is 4.81. The molecule has 0 aromatic heterocycles. The summed E-state index contributed by atoms with van der Waals surface area (Å²) in [6, 6.07) is 0. The van der Waals surface area contributed by atoms with Crippen molar-refractivity contribution in [1.82, 2.24) is 0 Å². The molecule has 0 aromatic rings. The molecule has 0 rings (SSSR count). The zero-order valence-electron chi connectivity index (χ0n) is 6.56. The predicted octanol–water partition coefficient (Wildman–Crippen LogP) is -0.519. The van der Waals surface area contributed by atoms with Crippen LogP contribution in [-0.4, -0.2) is 36.1 Å². The van der Waals surface area contributed by atoms with E-state index in [0.29, 0.717) is 0 Å². The second-order valence-electron chi connectivity index (χ2n) is 2.20. The molecule has 0 radical (unpaired) electrons. The minimum absolute atomic E-state index is 0.0509. The van der Waals surface area contributed by atoms with Crippen LogP contribution >= 0.6 is 11.8 Å². The van der Waals surface area contributed by atoms with E-state index in [0.717, 1.165) is 0 Å². The van der Waals surface area contributed by atoms with Gasteiger partial charge in [-0.2, -0.15) is 20.2 Å². The van der Waals surface area contributed by atoms with Gasteiger partial charge in [-0.05, 0) is 12.7 Å². The monoisotopic (exact) mass is 213 g/mol. The largest absolute Gasteiger partial charge is 0.369 e. The molecule has 5 nitrogen and oxygen atoms in total. The molecule has 0 saturated carbocycles. The smallest absolute Gasteiger partial charge is 0.264 e. The summed E-state index contributed by atoms with van der Waals surface area (Å²) in [5, 5.41) is -0.549. The third-order valence-electron chi connectivity index (χ3n) is 1.24. The highest BCUT2D eigenvalue weighted by Gasteiger charge is 2.16. The fraction of sp³-hybridized carbons (Fsp3) is 0.800. The number of rotatable bonds is 5. The first-order chi connectivity index (χ1) is 5.37. The van der Waals surface area contributed by atoms with Crippen LogP contribution in [-0.2, 0) is 14.9 Å². The highest BCUT2D eigenvalue weighted by molar-refractivity contribution is 8.00. The Morgan fingerprint density at radius 3 is 2.42 bits per heavy atom. The van der Waals surface area contributed by atoms with E-state index in [1.807, 2.05) is 0 Å². The van der Waals surface area contributed by atoms with Gasteiger partial charge < -0.3 is 5.73 Å². The predicted molar refractivity (Wildman–Crippen MR) is 47.5 cm³/mol. The molecule has 0 aliphatic heterocycles. The summed E-state index contributed by atoms with van der Waals surface area (Å²) in [7, 11) is -3.98. The van der Waals surface area contributed by atoms with Gasteiger partial charge in [0.2, 0.25) is 5.91 Å². The SMILES string of the molecule is CSC(CCS(=O)(=O)O)C(N)=O. The maximum Gasteiger partial charge on any atom is 0.264 e. The van der Waals surface area contributed by atoms with Crippen LogP contribution in [0.4, 0.5) is 0 Å². The van der Waals surface area contributed by atoms with Crippen molar-refractivity contribution in [1.29, 1.82) is 0 Å². The van der Waals surface area contributed by atoms with Crippen molar-refractivity contribution in [3.8, 4) is 0 Å². The van der Waals surface area contributed by atoms with Gasteiger partial charge in [-0.25, -0.2) is 0 Å². The number of hydrogen-bond acceptors (Lipinski definition) is 4. The van der Waals surface area contributed by atoms with Crippen LogP contribution in [0.15, 0.2) is 0 Å². The number of carbonyl (C=O) groups excluding carboxylic acids is 1. The lowest BCUT2D eigenvalue weighted by Crippen LogP contribution is -2.27. The van der Waals surface area contributed by atoms with Gasteiger partial charge in [-0.3, -0.25) is 9.35 Å². The molecule has 0 saturated heterocycles. The number of nitrogens with two attached hydrogens (primary N) is 1. The Hall–Kier alpha value is -0.270. The average Bonchev–Trinajstić information content (AvgIpc) is 1.85. The van der Waals surface area contributed by atoms with Crippen molar-refractivity contribution >= 4 is 27.8 Å². The van der Waals surface area contributed by atoms with E-state index < -0.39 is 27.0 Å². The Labute approximate surface area is 75.5 Å². The van der Waals surface area contributed by atoms with Gasteiger partial charge in [0.25, 0.3) is 10.1 Å². The van der Waals surface area contributed by atoms with Crippen LogP contribution < -0.4 is 5.73 Å². The standard InChI is InChI=1S/C5H11NO4S2/c1-11-4(5(6)7)2-3-12(8,9)10/h4H,2-3H2,1H3,(H2,6,7)(H,8,9,10). The minimum Gasteiger partial charge on any atom is -0.369 e. The van der Waals surface area contributed by atoms with Crippen LogP contribution in [0.25, 0.3) is 0 Å². The van der Waals surface area contributed by atoms with Gasteiger partial charge in [-0.15, -0.1) is 0 Å². The minimum atomic E-state index is -3.98. The zero-order chi connectivity index (χ0) is 9.78. The summed E-state index contributed by atoms with van der Waals surface area (Å²) in [6.45, 7) is 0. The topological polar surface area (TPSA) is 97.5 Å². The maximum atomic E-state index is 10.6. The van der Waals surface area contributed by atoms with Crippen molar-refractivity contribution in [2.45, 2.75) is 11.7 Å². The summed E-state index contributed by atoms with van der Waals surface area (Å²) in [6.07, 6.45) is 1.70. The Balaban J connectivity index is 3.98. The Morgan fingerprint density at radius 2 is 2.17 bits per heavy atom. The van der Waals surface area contributed by atoms with Crippen LogP contribution in [0.5, 0.6) is 0 Å². The Morgan fingerprint density at radius 1 is 1.67 bits per heavy atom. The molecule has 0 heterocycles. The molecule has 1 unspecified atom stereocenters. The van der Waals surface area contributed by atoms with Gasteiger partial charge in [-0.1, -0.05) is 0 Å². The van der Waals surface area contributed by atoms with E-state index in [2.05, 4.69) is 0 Å². The summed E-state index contributed by atoms with van der Waals surface area (Å²) >= 11 is 1.17. The van der Waals surface area contributed by atoms with Crippen LogP contribution in [0.1, 0.15) is 6.42 Å². The molecule has 72 valence electrons. The molecular weight excluding hydrogens is 202 g/mol. The summed E-state index contributed by atoms with van der Waals surface area (Å²) in [4.78, 5) is 10.6. The van der Waals surface area contributed by atoms with E-state index in [1.165, 1.54) is 11.8 Å². The van der Waals surface area contributed by atoms with Gasteiger partial charge in [0, 0.05) is 0 Å². The number of carbonyl (C=O) groups is 1. The first-order valence-corrected chi connectivity index (χ1v) is 6.04. The molecule has 0 fully saturated rings. The molecule has 0 aromatic carbocycles. The summed E-state index contributed by atoms with van der Waals surface area (Å²) < 4.78 is 28.9. The van der Waals surface area contributed by atoms with Crippen LogP contribution in [0.2, 0.25) is 0 Å². The van der Waals surface area contributed by atoms with E-state index in [4.69, 9.17) is 10.3 Å². The fourth-order valence-corrected chi connectivity index (χ4v) is 1.90. The third kappa shape index (κ3) is 5.39. The molecule has 0 spiro atoms. The van der Waals surface area contributed by atoms with E-state index in [-0.39, 0.29) is 6.42 Å². The second kappa shape index (κ2) is 4.68. The molecule has 0 bridgehead atoms. The lowest BCUT2D eigenvalue weighted by atomic mass is 10.3. The lowest BCUT2D eigenvalue weighted by molar-refractivity contribution is -0.117. The number of amides is 1. The highest BCUT2D eigenvalue weighted by atomic mass is 32.2. The maximum absolute atomic E-state index is 10.6. The van der Waals surface area contributed by atoms with Crippen molar-refractivity contribution in [3.05, 3.63) is 0 Å². The zero-order valence-corrected chi connectivity index (χ0v) is 8.19. The van der Waals surface area contributed by atoms with Crippen molar-refractivity contribution in [2.75, 3.05) is 12.0 Å². The molecule has 0 aliphatic rings. The van der Waals surface area contributed by atoms with Gasteiger partial charge in [0.05, 0.1) is 11.0 Å².